The molecule has 14 heteroatoms. The van der Waals surface area contributed by atoms with Gasteiger partial charge in [0.15, 0.2) is 11.5 Å². The minimum Gasteiger partial charge on any atom is -0.489 e. The second-order valence-corrected chi connectivity index (χ2v) is 12.0. The number of nitrogens with two attached hydrogens (primary N) is 1. The summed E-state index contributed by atoms with van der Waals surface area (Å²) in [4.78, 5) is 24.1. The van der Waals surface area contributed by atoms with E-state index < -0.39 is 15.9 Å². The van der Waals surface area contributed by atoms with Crippen molar-refractivity contribution >= 4 is 27.4 Å². The summed E-state index contributed by atoms with van der Waals surface area (Å²) in [6, 6.07) is 11.7. The van der Waals surface area contributed by atoms with Crippen molar-refractivity contribution in [1.82, 2.24) is 24.5 Å². The van der Waals surface area contributed by atoms with Gasteiger partial charge in [-0.2, -0.15) is 4.31 Å². The number of fused-ring (bicyclic) bond motifs is 13. The molecule has 5 rings (SSSR count). The van der Waals surface area contributed by atoms with Crippen LogP contribution in [-0.2, 0) is 26.0 Å². The lowest BCUT2D eigenvalue weighted by molar-refractivity contribution is 0.0337. The molecule has 232 valence electrons. The molecule has 0 saturated carbocycles. The number of likely N-dealkylation sites (N-methyl/N-ethyl adjacent to an activating group) is 1. The van der Waals surface area contributed by atoms with Gasteiger partial charge in [0.1, 0.15) is 12.4 Å². The zero-order valence-corrected chi connectivity index (χ0v) is 25.5. The van der Waals surface area contributed by atoms with Crippen LogP contribution in [0.25, 0.3) is 11.3 Å². The van der Waals surface area contributed by atoms with E-state index >= 15 is 0 Å². The van der Waals surface area contributed by atoms with Gasteiger partial charge in [0.05, 0.1) is 48.9 Å². The largest absolute Gasteiger partial charge is 0.489 e. The molecule has 2 aliphatic rings. The third-order valence-electron chi connectivity index (χ3n) is 6.64. The summed E-state index contributed by atoms with van der Waals surface area (Å²) < 4.78 is 45.9. The summed E-state index contributed by atoms with van der Waals surface area (Å²) in [5.41, 5.74) is 8.22. The molecule has 2 aromatic carbocycles. The van der Waals surface area contributed by atoms with Gasteiger partial charge in [0.2, 0.25) is 10.0 Å². The van der Waals surface area contributed by atoms with Gasteiger partial charge in [-0.15, -0.1) is 0 Å². The van der Waals surface area contributed by atoms with Crippen molar-refractivity contribution in [3.05, 3.63) is 59.9 Å². The highest BCUT2D eigenvalue weighted by Gasteiger charge is 2.25. The van der Waals surface area contributed by atoms with Crippen molar-refractivity contribution in [2.24, 2.45) is 0 Å². The molecule has 0 atom stereocenters. The number of nitrogen functional groups attached to an aromatic ring is 1. The number of benzene rings is 2. The molecule has 0 saturated heterocycles. The third kappa shape index (κ3) is 8.46. The fraction of sp³-hybridized carbons (Fsp3) is 0.414. The van der Waals surface area contributed by atoms with Crippen LogP contribution in [0, 0.1) is 0 Å². The highest BCUT2D eigenvalue weighted by atomic mass is 32.2. The number of carbonyl (C=O) groups is 1. The Labute approximate surface area is 252 Å². The van der Waals surface area contributed by atoms with Gasteiger partial charge in [-0.3, -0.25) is 4.79 Å². The molecule has 1 amide bonds. The number of ether oxygens (including phenoxy) is 3. The molecule has 3 heterocycles. The molecule has 43 heavy (non-hydrogen) atoms. The maximum absolute atomic E-state index is 13.5. The van der Waals surface area contributed by atoms with E-state index in [4.69, 9.17) is 19.9 Å². The molecular formula is C29H39N7O6S. The van der Waals surface area contributed by atoms with Crippen LogP contribution < -0.4 is 21.1 Å². The molecule has 0 spiro atoms. The first-order valence-electron chi connectivity index (χ1n) is 13.9. The maximum atomic E-state index is 13.5. The predicted molar refractivity (Wildman–Crippen MR) is 163 cm³/mol. The Morgan fingerprint density at radius 2 is 1.77 bits per heavy atom. The summed E-state index contributed by atoms with van der Waals surface area (Å²) in [6.45, 7) is 2.89. The Bertz CT molecular complexity index is 1490. The normalized spacial score (nSPS) is 16.9. The molecule has 1 aromatic heterocycles. The first-order valence-corrected chi connectivity index (χ1v) is 15.4. The average Bonchev–Trinajstić information content (AvgIpc) is 2.98. The Balaban J connectivity index is 1.68. The van der Waals surface area contributed by atoms with Crippen molar-refractivity contribution in [2.75, 3.05) is 84.9 Å². The summed E-state index contributed by atoms with van der Waals surface area (Å²) in [5.74, 6) is -0.107. The number of aromatic nitrogens is 2. The summed E-state index contributed by atoms with van der Waals surface area (Å²) in [7, 11) is 1.79. The third-order valence-corrected chi connectivity index (χ3v) is 8.56. The molecule has 0 radical (unpaired) electrons. The minimum absolute atomic E-state index is 0.0455. The fourth-order valence-electron chi connectivity index (χ4n) is 4.37. The number of hydrogen-bond acceptors (Lipinski definition) is 11. The zero-order valence-electron chi connectivity index (χ0n) is 24.7. The van der Waals surface area contributed by atoms with Crippen LogP contribution in [-0.4, -0.2) is 107 Å². The van der Waals surface area contributed by atoms with Gasteiger partial charge < -0.3 is 35.5 Å². The van der Waals surface area contributed by atoms with Gasteiger partial charge in [-0.1, -0.05) is 24.3 Å². The van der Waals surface area contributed by atoms with Crippen LogP contribution >= 0.6 is 0 Å². The number of para-hydroxylation sites is 1. The highest BCUT2D eigenvalue weighted by Crippen LogP contribution is 2.30. The number of nitrogens with one attached hydrogen (secondary N) is 2. The topological polar surface area (TPSA) is 161 Å². The number of sulfonamides is 1. The number of carbonyl (C=O) groups excluding carboxylic acids is 1. The first-order chi connectivity index (χ1) is 20.7. The molecule has 4 bridgehead atoms. The quantitative estimate of drug-likeness (QED) is 0.359. The minimum atomic E-state index is -3.81. The second-order valence-electron chi connectivity index (χ2n) is 10.1. The van der Waals surface area contributed by atoms with Gasteiger partial charge in [-0.25, -0.2) is 18.4 Å². The van der Waals surface area contributed by atoms with E-state index in [9.17, 15) is 13.2 Å². The maximum Gasteiger partial charge on any atom is 0.278 e. The van der Waals surface area contributed by atoms with Gasteiger partial charge >= 0.3 is 0 Å². The number of rotatable bonds is 5. The molecule has 4 N–H and O–H groups in total. The van der Waals surface area contributed by atoms with Crippen molar-refractivity contribution in [2.45, 2.75) is 11.4 Å². The van der Waals surface area contributed by atoms with Gasteiger partial charge in [-0.05, 0) is 39.3 Å². The Kier molecular flexibility index (Phi) is 11.4. The highest BCUT2D eigenvalue weighted by molar-refractivity contribution is 7.89. The molecule has 2 aliphatic heterocycles. The molecule has 0 aliphatic carbocycles. The molecular weight excluding hydrogens is 574 g/mol. The van der Waals surface area contributed by atoms with E-state index in [1.165, 1.54) is 22.6 Å². The standard InChI is InChI=1S/C29H39N7O6S/c1-31-19-22-5-4-6-24-27(22)42-18-17-41-16-15-40-14-13-36(12-11-35(2)3)43(38,39)23-9-7-21(8-10-23)25-20-32-28(30)26(33-25)29(37)34-24/h4-10,20,31H,11-19H2,1-3H3,(H2,30,32)(H,34,37). The van der Waals surface area contributed by atoms with Crippen LogP contribution in [0.15, 0.2) is 53.6 Å². The van der Waals surface area contributed by atoms with Crippen molar-refractivity contribution in [3.8, 4) is 17.0 Å². The smallest absolute Gasteiger partial charge is 0.278 e. The molecule has 13 nitrogen and oxygen atoms in total. The van der Waals surface area contributed by atoms with E-state index in [1.807, 2.05) is 38.2 Å². The Hall–Kier alpha value is -3.66. The van der Waals surface area contributed by atoms with Crippen LogP contribution in [0.3, 0.4) is 0 Å². The van der Waals surface area contributed by atoms with E-state index in [0.717, 1.165) is 5.56 Å². The van der Waals surface area contributed by atoms with E-state index in [-0.39, 0.29) is 42.8 Å². The van der Waals surface area contributed by atoms with E-state index in [0.29, 0.717) is 55.5 Å². The van der Waals surface area contributed by atoms with Crippen LogP contribution in [0.4, 0.5) is 11.5 Å². The lowest BCUT2D eigenvalue weighted by atomic mass is 10.1. The van der Waals surface area contributed by atoms with Gasteiger partial charge in [0.25, 0.3) is 5.91 Å². The van der Waals surface area contributed by atoms with Crippen LogP contribution in [0.2, 0.25) is 0 Å². The zero-order chi connectivity index (χ0) is 30.8. The first kappa shape index (κ1) is 32.3. The van der Waals surface area contributed by atoms with Crippen molar-refractivity contribution < 1.29 is 27.4 Å². The number of hydrogen-bond donors (Lipinski definition) is 3. The predicted octanol–water partition coefficient (Wildman–Crippen LogP) is 1.68. The fourth-order valence-corrected chi connectivity index (χ4v) is 5.79. The van der Waals surface area contributed by atoms with E-state index in [1.54, 1.807) is 18.2 Å². The summed E-state index contributed by atoms with van der Waals surface area (Å²) in [6.07, 6.45) is 1.44. The molecule has 3 aromatic rings. The SMILES string of the molecule is CNCc1cccc2c1OCCOCCOCCN(CCN(C)C)S(=O)(=O)c1ccc(cc1)-c1cnc(N)c(n1)C(=O)N2. The van der Waals surface area contributed by atoms with Crippen molar-refractivity contribution in [1.29, 1.82) is 0 Å². The van der Waals surface area contributed by atoms with Crippen LogP contribution in [0.1, 0.15) is 16.1 Å². The summed E-state index contributed by atoms with van der Waals surface area (Å²) in [5, 5.41) is 5.96. The Morgan fingerprint density at radius 3 is 2.49 bits per heavy atom. The van der Waals surface area contributed by atoms with Crippen molar-refractivity contribution in [3.63, 3.8) is 0 Å². The lowest BCUT2D eigenvalue weighted by Crippen LogP contribution is -2.39. The monoisotopic (exact) mass is 613 g/mol. The molecule has 0 fully saturated rings. The lowest BCUT2D eigenvalue weighted by Gasteiger charge is -2.24. The van der Waals surface area contributed by atoms with E-state index in [2.05, 4.69) is 20.6 Å². The number of anilines is 2. The van der Waals surface area contributed by atoms with Crippen LogP contribution in [0.5, 0.6) is 5.75 Å². The average molecular weight is 614 g/mol. The molecule has 0 unspecified atom stereocenters. The second kappa shape index (κ2) is 15.2. The van der Waals surface area contributed by atoms with Gasteiger partial charge in [0, 0.05) is 37.3 Å². The Morgan fingerprint density at radius 1 is 1.05 bits per heavy atom. The number of nitrogens with zero attached hydrogens (tertiary/aromatic N) is 4. The summed E-state index contributed by atoms with van der Waals surface area (Å²) >= 11 is 0. The number of amides is 1.